The normalized spacial score (nSPS) is 11.0. The molecule has 0 saturated carbocycles. The number of anilines is 1. The third kappa shape index (κ3) is 4.22. The molecule has 0 aliphatic heterocycles. The van der Waals surface area contributed by atoms with Crippen LogP contribution in [0.25, 0.3) is 15.9 Å². The van der Waals surface area contributed by atoms with Gasteiger partial charge in [0.25, 0.3) is 5.56 Å². The number of nitrogens with one attached hydrogen (secondary N) is 1. The molecule has 4 rings (SSSR count). The molecule has 5 nitrogen and oxygen atoms in total. The van der Waals surface area contributed by atoms with E-state index in [0.29, 0.717) is 26.1 Å². The molecule has 0 radical (unpaired) electrons. The Morgan fingerprint density at radius 3 is 2.77 bits per heavy atom. The van der Waals surface area contributed by atoms with Gasteiger partial charge in [-0.2, -0.15) is 0 Å². The molecule has 0 saturated heterocycles. The average molecular weight is 480 g/mol. The third-order valence-corrected chi connectivity index (χ3v) is 6.47. The summed E-state index contributed by atoms with van der Waals surface area (Å²) in [6.45, 7) is 0. The summed E-state index contributed by atoms with van der Waals surface area (Å²) in [6, 6.07) is 12.6. The molecule has 2 aromatic heterocycles. The number of hydrogen-bond donors (Lipinski definition) is 1. The molecule has 4 aromatic rings. The first-order valence-corrected chi connectivity index (χ1v) is 11.2. The number of carbonyl (C=O) groups excluding carboxylic acids is 1. The molecule has 10 heteroatoms. The summed E-state index contributed by atoms with van der Waals surface area (Å²) in [5.74, 6) is -1.17. The minimum Gasteiger partial charge on any atom is -0.323 e. The highest BCUT2D eigenvalue weighted by molar-refractivity contribution is 7.99. The van der Waals surface area contributed by atoms with Crippen molar-refractivity contribution in [2.24, 2.45) is 0 Å². The molecule has 30 heavy (non-hydrogen) atoms. The van der Waals surface area contributed by atoms with Gasteiger partial charge in [0, 0.05) is 5.02 Å². The number of amides is 1. The number of hydrogen-bond acceptors (Lipinski definition) is 5. The first kappa shape index (κ1) is 20.9. The number of carbonyl (C=O) groups is 1. The van der Waals surface area contributed by atoms with Gasteiger partial charge >= 0.3 is 0 Å². The highest BCUT2D eigenvalue weighted by Gasteiger charge is 2.17. The van der Waals surface area contributed by atoms with E-state index >= 15 is 0 Å². The van der Waals surface area contributed by atoms with Crippen LogP contribution >= 0.6 is 46.3 Å². The smallest absolute Gasteiger partial charge is 0.276 e. The number of para-hydroxylation sites is 1. The van der Waals surface area contributed by atoms with Gasteiger partial charge in [0.15, 0.2) is 5.16 Å². The zero-order chi connectivity index (χ0) is 21.3. The van der Waals surface area contributed by atoms with E-state index in [1.54, 1.807) is 35.7 Å². The highest BCUT2D eigenvalue weighted by Crippen LogP contribution is 2.27. The van der Waals surface area contributed by atoms with Gasteiger partial charge in [-0.3, -0.25) is 14.2 Å². The maximum atomic E-state index is 13.9. The minimum atomic E-state index is -0.633. The number of thiophene rings is 1. The van der Waals surface area contributed by atoms with Crippen molar-refractivity contribution < 1.29 is 9.18 Å². The van der Waals surface area contributed by atoms with Crippen LogP contribution in [0, 0.1) is 5.82 Å². The summed E-state index contributed by atoms with van der Waals surface area (Å²) in [6.07, 6.45) is 0. The zero-order valence-corrected chi connectivity index (χ0v) is 18.2. The van der Waals surface area contributed by atoms with Crippen LogP contribution in [-0.2, 0) is 4.79 Å². The Labute approximate surface area is 188 Å². The van der Waals surface area contributed by atoms with Crippen LogP contribution in [0.15, 0.2) is 63.9 Å². The Balaban J connectivity index is 1.65. The number of thioether (sulfide) groups is 1. The molecular formula is C20H12Cl2FN3O2S2. The van der Waals surface area contributed by atoms with E-state index in [2.05, 4.69) is 10.3 Å². The van der Waals surface area contributed by atoms with Gasteiger partial charge < -0.3 is 5.32 Å². The Morgan fingerprint density at radius 2 is 2.00 bits per heavy atom. The Bertz CT molecular complexity index is 1320. The van der Waals surface area contributed by atoms with Crippen molar-refractivity contribution in [1.29, 1.82) is 0 Å². The van der Waals surface area contributed by atoms with Crippen molar-refractivity contribution in [2.45, 2.75) is 5.16 Å². The predicted octanol–water partition coefficient (Wildman–Crippen LogP) is 5.62. The van der Waals surface area contributed by atoms with Gasteiger partial charge in [-0.25, -0.2) is 9.37 Å². The fourth-order valence-corrected chi connectivity index (χ4v) is 4.69. The van der Waals surface area contributed by atoms with E-state index in [-0.39, 0.29) is 22.0 Å². The molecule has 0 atom stereocenters. The first-order valence-electron chi connectivity index (χ1n) is 8.57. The minimum absolute atomic E-state index is 0.0229. The predicted molar refractivity (Wildman–Crippen MR) is 121 cm³/mol. The first-order chi connectivity index (χ1) is 14.4. The maximum absolute atomic E-state index is 13.9. The lowest BCUT2D eigenvalue weighted by Crippen LogP contribution is -2.22. The molecule has 0 aliphatic rings. The van der Waals surface area contributed by atoms with Crippen molar-refractivity contribution in [3.8, 4) is 5.69 Å². The van der Waals surface area contributed by atoms with Gasteiger partial charge in [-0.1, -0.05) is 47.1 Å². The largest absolute Gasteiger partial charge is 0.323 e. The number of aromatic nitrogens is 2. The Morgan fingerprint density at radius 1 is 1.20 bits per heavy atom. The Hall–Kier alpha value is -2.39. The van der Waals surface area contributed by atoms with Crippen molar-refractivity contribution in [3.63, 3.8) is 0 Å². The summed E-state index contributed by atoms with van der Waals surface area (Å²) < 4.78 is 15.8. The molecule has 2 aromatic carbocycles. The second kappa shape index (κ2) is 8.77. The van der Waals surface area contributed by atoms with Crippen molar-refractivity contribution in [3.05, 3.63) is 80.1 Å². The van der Waals surface area contributed by atoms with Crippen LogP contribution in [0.2, 0.25) is 10.0 Å². The number of benzene rings is 2. The molecule has 2 heterocycles. The van der Waals surface area contributed by atoms with Gasteiger partial charge in [0.05, 0.1) is 27.7 Å². The fraction of sp³-hybridized carbons (Fsp3) is 0.0500. The lowest BCUT2D eigenvalue weighted by atomic mass is 10.3. The van der Waals surface area contributed by atoms with E-state index in [4.69, 9.17) is 23.2 Å². The molecule has 0 spiro atoms. The van der Waals surface area contributed by atoms with Crippen LogP contribution in [0.5, 0.6) is 0 Å². The quantitative estimate of drug-likeness (QED) is 0.297. The molecular weight excluding hydrogens is 468 g/mol. The Kier molecular flexibility index (Phi) is 6.10. The fourth-order valence-electron chi connectivity index (χ4n) is 2.74. The van der Waals surface area contributed by atoms with Crippen LogP contribution in [0.3, 0.4) is 0 Å². The third-order valence-electron chi connectivity index (χ3n) is 4.08. The van der Waals surface area contributed by atoms with Crippen LogP contribution < -0.4 is 10.9 Å². The van der Waals surface area contributed by atoms with E-state index in [9.17, 15) is 14.0 Å². The van der Waals surface area contributed by atoms with Crippen LogP contribution in [0.1, 0.15) is 0 Å². The summed E-state index contributed by atoms with van der Waals surface area (Å²) in [5, 5.41) is 5.20. The molecule has 1 amide bonds. The SMILES string of the molecule is O=C(CSc1nc2ccsc2c(=O)n1-c1ccccc1Cl)Nc1ccc(Cl)cc1F. The van der Waals surface area contributed by atoms with Crippen molar-refractivity contribution in [1.82, 2.24) is 9.55 Å². The number of rotatable bonds is 5. The second-order valence-electron chi connectivity index (χ2n) is 6.08. The van der Waals surface area contributed by atoms with E-state index < -0.39 is 11.7 Å². The second-order valence-corrected chi connectivity index (χ2v) is 8.78. The van der Waals surface area contributed by atoms with Crippen LogP contribution in [-0.4, -0.2) is 21.2 Å². The number of nitrogens with zero attached hydrogens (tertiary/aromatic N) is 2. The lowest BCUT2D eigenvalue weighted by Gasteiger charge is -2.13. The summed E-state index contributed by atoms with van der Waals surface area (Å²) in [5.41, 5.74) is 0.767. The summed E-state index contributed by atoms with van der Waals surface area (Å²) in [4.78, 5) is 30.0. The highest BCUT2D eigenvalue weighted by atomic mass is 35.5. The topological polar surface area (TPSA) is 64.0 Å². The van der Waals surface area contributed by atoms with Gasteiger partial charge in [-0.15, -0.1) is 11.3 Å². The molecule has 0 fully saturated rings. The molecule has 0 aliphatic carbocycles. The van der Waals surface area contributed by atoms with Gasteiger partial charge in [-0.05, 0) is 41.8 Å². The summed E-state index contributed by atoms with van der Waals surface area (Å²) >= 11 is 14.4. The zero-order valence-electron chi connectivity index (χ0n) is 15.1. The van der Waals surface area contributed by atoms with Crippen LogP contribution in [0.4, 0.5) is 10.1 Å². The lowest BCUT2D eigenvalue weighted by molar-refractivity contribution is -0.113. The average Bonchev–Trinajstić information content (AvgIpc) is 3.18. The monoisotopic (exact) mass is 479 g/mol. The molecule has 0 bridgehead atoms. The summed E-state index contributed by atoms with van der Waals surface area (Å²) in [7, 11) is 0. The van der Waals surface area contributed by atoms with Crippen molar-refractivity contribution >= 4 is 68.1 Å². The number of halogens is 3. The van der Waals surface area contributed by atoms with Gasteiger partial charge in [0.1, 0.15) is 10.5 Å². The molecule has 0 unspecified atom stereocenters. The maximum Gasteiger partial charge on any atom is 0.276 e. The van der Waals surface area contributed by atoms with E-state index in [0.717, 1.165) is 17.8 Å². The standard InChI is InChI=1S/C20H12Cl2FN3O2S2/c21-11-5-6-14(13(23)9-11)24-17(27)10-30-20-25-15-7-8-29-18(15)19(28)26(20)16-4-2-1-3-12(16)22/h1-9H,10H2,(H,24,27). The van der Waals surface area contributed by atoms with Gasteiger partial charge in [0.2, 0.25) is 5.91 Å². The van der Waals surface area contributed by atoms with E-state index in [1.165, 1.54) is 28.0 Å². The van der Waals surface area contributed by atoms with E-state index in [1.807, 2.05) is 0 Å². The molecule has 1 N–H and O–H groups in total. The number of fused-ring (bicyclic) bond motifs is 1. The van der Waals surface area contributed by atoms with Crippen molar-refractivity contribution in [2.75, 3.05) is 11.1 Å². The molecule has 152 valence electrons.